The zero-order valence-corrected chi connectivity index (χ0v) is 15.6. The fourth-order valence-electron chi connectivity index (χ4n) is 4.06. The van der Waals surface area contributed by atoms with Gasteiger partial charge >= 0.3 is 5.97 Å². The van der Waals surface area contributed by atoms with Gasteiger partial charge in [-0.3, -0.25) is 4.79 Å². The van der Waals surface area contributed by atoms with Gasteiger partial charge in [-0.2, -0.15) is 0 Å². The summed E-state index contributed by atoms with van der Waals surface area (Å²) < 4.78 is 18.9. The van der Waals surface area contributed by atoms with Gasteiger partial charge in [0.25, 0.3) is 0 Å². The zero-order chi connectivity index (χ0) is 19.6. The molecule has 1 aliphatic rings. The fourth-order valence-corrected chi connectivity index (χ4v) is 4.06. The molecule has 1 aromatic carbocycles. The highest BCUT2D eigenvalue weighted by atomic mass is 19.1. The van der Waals surface area contributed by atoms with E-state index in [1.54, 1.807) is 31.0 Å². The number of amides is 1. The Morgan fingerprint density at radius 1 is 1.19 bits per heavy atom. The molecule has 0 bridgehead atoms. The van der Waals surface area contributed by atoms with Crippen LogP contribution in [-0.4, -0.2) is 28.9 Å². The Labute approximate surface area is 157 Å². The van der Waals surface area contributed by atoms with Crippen molar-refractivity contribution in [3.63, 3.8) is 0 Å². The van der Waals surface area contributed by atoms with E-state index in [1.807, 2.05) is 0 Å². The quantitative estimate of drug-likeness (QED) is 0.849. The largest absolute Gasteiger partial charge is 0.478 e. The van der Waals surface area contributed by atoms with Crippen molar-refractivity contribution in [1.29, 1.82) is 0 Å². The van der Waals surface area contributed by atoms with E-state index in [-0.39, 0.29) is 23.8 Å². The number of hydrogen-bond donors (Lipinski definition) is 1. The topological polar surface area (TPSA) is 70.8 Å². The molecule has 1 aromatic heterocycles. The van der Waals surface area contributed by atoms with Crippen LogP contribution < -0.4 is 0 Å². The van der Waals surface area contributed by atoms with Crippen molar-refractivity contribution >= 4 is 11.9 Å². The summed E-state index contributed by atoms with van der Waals surface area (Å²) in [5.41, 5.74) is 0.275. The van der Waals surface area contributed by atoms with E-state index in [9.17, 15) is 14.0 Å². The molecular weight excluding hydrogens is 349 g/mol. The van der Waals surface area contributed by atoms with Crippen molar-refractivity contribution < 1.29 is 23.5 Å². The molecule has 0 spiro atoms. The zero-order valence-electron chi connectivity index (χ0n) is 15.6. The van der Waals surface area contributed by atoms with Gasteiger partial charge < -0.3 is 14.4 Å². The standard InChI is InChI=1S/C21H24FNO4/c1-14-18(19(24)25)12-17(27-14)13-23(2)20(26)21(10-4-3-5-11-21)15-6-8-16(22)9-7-15/h6-9,12H,3-5,10-11,13H2,1-2H3,(H,24,25). The molecule has 2 aromatic rings. The lowest BCUT2D eigenvalue weighted by atomic mass is 9.68. The molecule has 6 heteroatoms. The van der Waals surface area contributed by atoms with Crippen molar-refractivity contribution in [1.82, 2.24) is 4.90 Å². The van der Waals surface area contributed by atoms with Gasteiger partial charge in [0.05, 0.1) is 12.0 Å². The number of rotatable bonds is 5. The van der Waals surface area contributed by atoms with Crippen LogP contribution in [0.5, 0.6) is 0 Å². The van der Waals surface area contributed by atoms with Crippen LogP contribution in [0.2, 0.25) is 0 Å². The summed E-state index contributed by atoms with van der Waals surface area (Å²) in [4.78, 5) is 26.2. The summed E-state index contributed by atoms with van der Waals surface area (Å²) in [7, 11) is 1.69. The number of furan rings is 1. The van der Waals surface area contributed by atoms with E-state index >= 15 is 0 Å². The molecular formula is C21H24FNO4. The minimum Gasteiger partial charge on any atom is -0.478 e. The van der Waals surface area contributed by atoms with Crippen LogP contribution in [0.25, 0.3) is 0 Å². The number of hydrogen-bond acceptors (Lipinski definition) is 3. The minimum absolute atomic E-state index is 0.0419. The van der Waals surface area contributed by atoms with E-state index in [0.717, 1.165) is 37.7 Å². The summed E-state index contributed by atoms with van der Waals surface area (Å²) >= 11 is 0. The third kappa shape index (κ3) is 3.75. The molecule has 1 amide bonds. The average molecular weight is 373 g/mol. The van der Waals surface area contributed by atoms with Gasteiger partial charge in [-0.25, -0.2) is 9.18 Å². The molecule has 0 radical (unpaired) electrons. The second-order valence-corrected chi connectivity index (χ2v) is 7.30. The van der Waals surface area contributed by atoms with Crippen LogP contribution in [0.15, 0.2) is 34.7 Å². The Morgan fingerprint density at radius 2 is 1.81 bits per heavy atom. The molecule has 1 saturated carbocycles. The van der Waals surface area contributed by atoms with E-state index < -0.39 is 11.4 Å². The normalized spacial score (nSPS) is 16.1. The number of carbonyl (C=O) groups is 2. The van der Waals surface area contributed by atoms with Gasteiger partial charge in [-0.15, -0.1) is 0 Å². The van der Waals surface area contributed by atoms with Gasteiger partial charge in [0.15, 0.2) is 0 Å². The van der Waals surface area contributed by atoms with Crippen LogP contribution in [-0.2, 0) is 16.8 Å². The number of carboxylic acid groups (broad SMARTS) is 1. The lowest BCUT2D eigenvalue weighted by Crippen LogP contribution is -2.46. The maximum absolute atomic E-state index is 13.4. The molecule has 144 valence electrons. The number of benzene rings is 1. The fraction of sp³-hybridized carbons (Fsp3) is 0.429. The molecule has 1 aliphatic carbocycles. The summed E-state index contributed by atoms with van der Waals surface area (Å²) in [5, 5.41) is 9.17. The highest BCUT2D eigenvalue weighted by Crippen LogP contribution is 2.41. The molecule has 1 heterocycles. The van der Waals surface area contributed by atoms with E-state index in [2.05, 4.69) is 0 Å². The van der Waals surface area contributed by atoms with E-state index in [0.29, 0.717) is 11.5 Å². The number of halogens is 1. The Kier molecular flexibility index (Phi) is 5.35. The third-order valence-electron chi connectivity index (χ3n) is 5.45. The second-order valence-electron chi connectivity index (χ2n) is 7.30. The number of aryl methyl sites for hydroxylation is 1. The molecule has 27 heavy (non-hydrogen) atoms. The molecule has 1 N–H and O–H groups in total. The number of carbonyl (C=O) groups excluding carboxylic acids is 1. The molecule has 0 saturated heterocycles. The number of nitrogens with zero attached hydrogens (tertiary/aromatic N) is 1. The lowest BCUT2D eigenvalue weighted by Gasteiger charge is -2.39. The Morgan fingerprint density at radius 3 is 2.37 bits per heavy atom. The minimum atomic E-state index is -1.05. The second kappa shape index (κ2) is 7.55. The summed E-state index contributed by atoms with van der Waals surface area (Å²) in [6.07, 6.45) is 4.41. The van der Waals surface area contributed by atoms with Gasteiger partial charge in [0.1, 0.15) is 22.9 Å². The van der Waals surface area contributed by atoms with Crippen molar-refractivity contribution in [3.8, 4) is 0 Å². The van der Waals surface area contributed by atoms with Crippen molar-refractivity contribution in [3.05, 3.63) is 58.8 Å². The lowest BCUT2D eigenvalue weighted by molar-refractivity contribution is -0.138. The Balaban J connectivity index is 1.86. The summed E-state index contributed by atoms with van der Waals surface area (Å²) in [5.74, 6) is -0.654. The third-order valence-corrected chi connectivity index (χ3v) is 5.45. The van der Waals surface area contributed by atoms with Crippen molar-refractivity contribution in [2.24, 2.45) is 0 Å². The van der Waals surface area contributed by atoms with Gasteiger partial charge in [0.2, 0.25) is 5.91 Å². The highest BCUT2D eigenvalue weighted by molar-refractivity contribution is 5.89. The number of aromatic carboxylic acids is 1. The average Bonchev–Trinajstić information content (AvgIpc) is 3.02. The van der Waals surface area contributed by atoms with Crippen LogP contribution in [0.1, 0.15) is 59.5 Å². The molecule has 0 atom stereocenters. The van der Waals surface area contributed by atoms with Crippen LogP contribution in [0.3, 0.4) is 0 Å². The van der Waals surface area contributed by atoms with Gasteiger partial charge in [0, 0.05) is 7.05 Å². The molecule has 3 rings (SSSR count). The highest BCUT2D eigenvalue weighted by Gasteiger charge is 2.42. The van der Waals surface area contributed by atoms with Crippen molar-refractivity contribution in [2.75, 3.05) is 7.05 Å². The van der Waals surface area contributed by atoms with Crippen LogP contribution in [0.4, 0.5) is 4.39 Å². The predicted molar refractivity (Wildman–Crippen MR) is 98.0 cm³/mol. The van der Waals surface area contributed by atoms with Crippen LogP contribution >= 0.6 is 0 Å². The first-order valence-electron chi connectivity index (χ1n) is 9.18. The van der Waals surface area contributed by atoms with Gasteiger partial charge in [-0.1, -0.05) is 31.4 Å². The van der Waals surface area contributed by atoms with Crippen molar-refractivity contribution in [2.45, 2.75) is 51.0 Å². The maximum atomic E-state index is 13.4. The Hall–Kier alpha value is -2.63. The summed E-state index contributed by atoms with van der Waals surface area (Å²) in [6.45, 7) is 1.78. The molecule has 5 nitrogen and oxygen atoms in total. The number of likely N-dealkylation sites (N-methyl/N-ethyl adjacent to an activating group) is 1. The first-order chi connectivity index (χ1) is 12.8. The van der Waals surface area contributed by atoms with Crippen LogP contribution in [0, 0.1) is 12.7 Å². The van der Waals surface area contributed by atoms with E-state index in [4.69, 9.17) is 9.52 Å². The Bertz CT molecular complexity index is 834. The van der Waals surface area contributed by atoms with Gasteiger partial charge in [-0.05, 0) is 43.5 Å². The maximum Gasteiger partial charge on any atom is 0.339 e. The molecule has 1 fully saturated rings. The summed E-state index contributed by atoms with van der Waals surface area (Å²) in [6, 6.07) is 7.66. The first kappa shape index (κ1) is 19.1. The molecule has 0 aliphatic heterocycles. The number of carboxylic acids is 1. The smallest absolute Gasteiger partial charge is 0.339 e. The predicted octanol–water partition coefficient (Wildman–Crippen LogP) is 4.29. The van der Waals surface area contributed by atoms with E-state index in [1.165, 1.54) is 18.2 Å². The monoisotopic (exact) mass is 373 g/mol. The first-order valence-corrected chi connectivity index (χ1v) is 9.18. The molecule has 0 unspecified atom stereocenters. The SMILES string of the molecule is Cc1oc(CN(C)C(=O)C2(c3ccc(F)cc3)CCCCC2)cc1C(=O)O.